The molecule has 1 N–H and O–H groups in total. The van der Waals surface area contributed by atoms with Crippen LogP contribution in [0.25, 0.3) is 0 Å². The number of hydrogen-bond acceptors (Lipinski definition) is 7. The van der Waals surface area contributed by atoms with Crippen molar-refractivity contribution >= 4 is 33.5 Å². The first kappa shape index (κ1) is 24.5. The lowest BCUT2D eigenvalue weighted by atomic mass is 9.93. The number of carbonyl (C=O) groups excluding carboxylic acids is 3. The van der Waals surface area contributed by atoms with Gasteiger partial charge in [-0.15, -0.1) is 0 Å². The van der Waals surface area contributed by atoms with Gasteiger partial charge in [0.2, 0.25) is 15.9 Å². The van der Waals surface area contributed by atoms with E-state index < -0.39 is 10.0 Å². The molecule has 1 aromatic rings. The van der Waals surface area contributed by atoms with Crippen molar-refractivity contribution in [3.63, 3.8) is 0 Å². The molecule has 3 aliphatic heterocycles. The van der Waals surface area contributed by atoms with Crippen molar-refractivity contribution in [1.29, 1.82) is 0 Å². The molecule has 3 heterocycles. The van der Waals surface area contributed by atoms with Crippen LogP contribution in [0.2, 0.25) is 0 Å². The van der Waals surface area contributed by atoms with Crippen LogP contribution < -0.4 is 10.1 Å². The third kappa shape index (κ3) is 4.90. The monoisotopic (exact) mass is 493 g/mol. The minimum atomic E-state index is -3.79. The molecule has 1 unspecified atom stereocenters. The Morgan fingerprint density at radius 1 is 1.15 bits per heavy atom. The number of likely N-dealkylation sites (tertiary alicyclic amines) is 1. The molecule has 1 aromatic carbocycles. The zero-order valence-corrected chi connectivity index (χ0v) is 20.4. The second-order valence-corrected chi connectivity index (χ2v) is 10.9. The maximum Gasteiger partial charge on any atom is 0.310 e. The SMILES string of the molecule is CCOC(=O)C1CCCN(C(=O)C2CCN(S(=O)(=O)c3cc4c(cc3C)NC(=O)CO4)CC2)C1. The number of benzene rings is 1. The van der Waals surface area contributed by atoms with Crippen LogP contribution in [0.3, 0.4) is 0 Å². The lowest BCUT2D eigenvalue weighted by Crippen LogP contribution is -2.48. The molecule has 3 aliphatic rings. The molecule has 2 fully saturated rings. The molecule has 1 atom stereocenters. The fourth-order valence-electron chi connectivity index (χ4n) is 4.86. The van der Waals surface area contributed by atoms with Crippen molar-refractivity contribution in [1.82, 2.24) is 9.21 Å². The molecule has 11 heteroatoms. The van der Waals surface area contributed by atoms with E-state index in [1.807, 2.05) is 0 Å². The number of esters is 1. The highest BCUT2D eigenvalue weighted by molar-refractivity contribution is 7.89. The molecular formula is C23H31N3O7S. The summed E-state index contributed by atoms with van der Waals surface area (Å²) in [5, 5.41) is 2.68. The number of piperidine rings is 2. The number of aryl methyl sites for hydroxylation is 1. The maximum atomic E-state index is 13.4. The van der Waals surface area contributed by atoms with Crippen LogP contribution >= 0.6 is 0 Å². The number of nitrogens with one attached hydrogen (secondary N) is 1. The normalized spacial score (nSPS) is 21.9. The van der Waals surface area contributed by atoms with Crippen LogP contribution in [0.15, 0.2) is 17.0 Å². The Labute approximate surface area is 199 Å². The lowest BCUT2D eigenvalue weighted by molar-refractivity contribution is -0.152. The van der Waals surface area contributed by atoms with Gasteiger partial charge in [-0.2, -0.15) is 4.31 Å². The van der Waals surface area contributed by atoms with Crippen molar-refractivity contribution in [2.45, 2.75) is 44.4 Å². The highest BCUT2D eigenvalue weighted by atomic mass is 32.2. The summed E-state index contributed by atoms with van der Waals surface area (Å²) >= 11 is 0. The minimum absolute atomic E-state index is 0.0138. The summed E-state index contributed by atoms with van der Waals surface area (Å²) in [6.45, 7) is 5.06. The highest BCUT2D eigenvalue weighted by Gasteiger charge is 2.37. The van der Waals surface area contributed by atoms with Gasteiger partial charge in [-0.3, -0.25) is 14.4 Å². The van der Waals surface area contributed by atoms with Crippen LogP contribution in [0, 0.1) is 18.8 Å². The van der Waals surface area contributed by atoms with Gasteiger partial charge in [-0.05, 0) is 51.2 Å². The van der Waals surface area contributed by atoms with Gasteiger partial charge in [0, 0.05) is 38.2 Å². The number of rotatable bonds is 5. The van der Waals surface area contributed by atoms with Gasteiger partial charge in [0.15, 0.2) is 6.61 Å². The van der Waals surface area contributed by atoms with Crippen molar-refractivity contribution < 1.29 is 32.3 Å². The molecular weight excluding hydrogens is 462 g/mol. The number of nitrogens with zero attached hydrogens (tertiary/aromatic N) is 2. The molecule has 0 radical (unpaired) electrons. The Balaban J connectivity index is 1.40. The van der Waals surface area contributed by atoms with Gasteiger partial charge in [0.25, 0.3) is 5.91 Å². The van der Waals surface area contributed by atoms with Gasteiger partial charge in [-0.1, -0.05) is 0 Å². The van der Waals surface area contributed by atoms with E-state index in [0.29, 0.717) is 56.0 Å². The van der Waals surface area contributed by atoms with E-state index in [2.05, 4.69) is 5.32 Å². The summed E-state index contributed by atoms with van der Waals surface area (Å²) in [4.78, 5) is 38.6. The van der Waals surface area contributed by atoms with Crippen molar-refractivity contribution in [2.24, 2.45) is 11.8 Å². The molecule has 0 saturated carbocycles. The molecule has 34 heavy (non-hydrogen) atoms. The maximum absolute atomic E-state index is 13.4. The van der Waals surface area contributed by atoms with Crippen molar-refractivity contribution in [2.75, 3.05) is 44.7 Å². The first-order valence-electron chi connectivity index (χ1n) is 11.7. The summed E-state index contributed by atoms with van der Waals surface area (Å²) in [6.07, 6.45) is 2.32. The lowest BCUT2D eigenvalue weighted by Gasteiger charge is -2.37. The molecule has 0 bridgehead atoms. The number of carbonyl (C=O) groups is 3. The van der Waals surface area contributed by atoms with Crippen molar-refractivity contribution in [3.8, 4) is 5.75 Å². The summed E-state index contributed by atoms with van der Waals surface area (Å²) in [7, 11) is -3.79. The molecule has 4 rings (SSSR count). The van der Waals surface area contributed by atoms with Crippen LogP contribution in [0.5, 0.6) is 5.75 Å². The number of amides is 2. The quantitative estimate of drug-likeness (QED) is 0.617. The van der Waals surface area contributed by atoms with E-state index in [0.717, 1.165) is 6.42 Å². The predicted molar refractivity (Wildman–Crippen MR) is 123 cm³/mol. The standard InChI is InChI=1S/C23H31N3O7S/c1-3-32-23(29)17-5-4-8-25(13-17)22(28)16-6-9-26(10-7-16)34(30,31)20-12-19-18(11-15(20)2)24-21(27)14-33-19/h11-12,16-17H,3-10,13-14H2,1-2H3,(H,24,27). The highest BCUT2D eigenvalue weighted by Crippen LogP contribution is 2.35. The summed E-state index contributed by atoms with van der Waals surface area (Å²) in [6, 6.07) is 3.06. The summed E-state index contributed by atoms with van der Waals surface area (Å²) in [5.41, 5.74) is 0.973. The second-order valence-electron chi connectivity index (χ2n) is 9.00. The summed E-state index contributed by atoms with van der Waals surface area (Å²) in [5.74, 6) is -0.788. The Morgan fingerprint density at radius 2 is 1.88 bits per heavy atom. The van der Waals surface area contributed by atoms with Crippen LogP contribution in [0.4, 0.5) is 5.69 Å². The largest absolute Gasteiger partial charge is 0.482 e. The third-order valence-electron chi connectivity index (χ3n) is 6.68. The zero-order valence-electron chi connectivity index (χ0n) is 19.5. The Bertz CT molecular complexity index is 1080. The fraction of sp³-hybridized carbons (Fsp3) is 0.609. The molecule has 0 aromatic heterocycles. The van der Waals surface area contributed by atoms with Gasteiger partial charge in [0.05, 0.1) is 23.1 Å². The van der Waals surface area contributed by atoms with Crippen molar-refractivity contribution in [3.05, 3.63) is 17.7 Å². The number of fused-ring (bicyclic) bond motifs is 1. The summed E-state index contributed by atoms with van der Waals surface area (Å²) < 4.78 is 38.6. The van der Waals surface area contributed by atoms with Gasteiger partial charge < -0.3 is 19.7 Å². The first-order chi connectivity index (χ1) is 16.2. The molecule has 0 spiro atoms. The molecule has 2 saturated heterocycles. The van der Waals surface area contributed by atoms with Crippen LogP contribution in [-0.4, -0.2) is 74.8 Å². The van der Waals surface area contributed by atoms with E-state index in [-0.39, 0.29) is 54.2 Å². The fourth-order valence-corrected chi connectivity index (χ4v) is 6.56. The van der Waals surface area contributed by atoms with E-state index in [4.69, 9.17) is 9.47 Å². The van der Waals surface area contributed by atoms with E-state index in [1.54, 1.807) is 24.8 Å². The third-order valence-corrected chi connectivity index (χ3v) is 8.72. The molecule has 0 aliphatic carbocycles. The Hall–Kier alpha value is -2.66. The van der Waals surface area contributed by atoms with Gasteiger partial charge >= 0.3 is 5.97 Å². The number of ether oxygens (including phenoxy) is 2. The first-order valence-corrected chi connectivity index (χ1v) is 13.2. The Kier molecular flexibility index (Phi) is 7.13. The Morgan fingerprint density at radius 3 is 2.59 bits per heavy atom. The predicted octanol–water partition coefficient (Wildman–Crippen LogP) is 1.53. The van der Waals surface area contributed by atoms with Gasteiger partial charge in [-0.25, -0.2) is 8.42 Å². The topological polar surface area (TPSA) is 122 Å². The molecule has 10 nitrogen and oxygen atoms in total. The minimum Gasteiger partial charge on any atom is -0.482 e. The zero-order chi connectivity index (χ0) is 24.5. The molecule has 2 amide bonds. The van der Waals surface area contributed by atoms with Crippen LogP contribution in [0.1, 0.15) is 38.2 Å². The van der Waals surface area contributed by atoms with Crippen LogP contribution in [-0.2, 0) is 29.1 Å². The van der Waals surface area contributed by atoms with E-state index in [9.17, 15) is 22.8 Å². The van der Waals surface area contributed by atoms with Gasteiger partial charge in [0.1, 0.15) is 5.75 Å². The van der Waals surface area contributed by atoms with E-state index >= 15 is 0 Å². The average Bonchev–Trinajstić information content (AvgIpc) is 2.83. The second kappa shape index (κ2) is 9.91. The number of sulfonamides is 1. The van der Waals surface area contributed by atoms with E-state index in [1.165, 1.54) is 10.4 Å². The number of anilines is 1. The molecule has 186 valence electrons. The smallest absolute Gasteiger partial charge is 0.310 e. The number of hydrogen-bond donors (Lipinski definition) is 1. The average molecular weight is 494 g/mol.